The SMILES string of the molecule is Cc1nc(C)c(C(=O)N2CCC(NC(=O)[C@H]3C[C@@H](C)N(C)C3)CC2)nc1C. The number of aromatic nitrogens is 2. The topological polar surface area (TPSA) is 78.4 Å². The van der Waals surface area contributed by atoms with Gasteiger partial charge in [0.15, 0.2) is 0 Å². The van der Waals surface area contributed by atoms with E-state index in [1.54, 1.807) is 0 Å². The molecule has 27 heavy (non-hydrogen) atoms. The molecule has 3 heterocycles. The van der Waals surface area contributed by atoms with Crippen LogP contribution < -0.4 is 5.32 Å². The second kappa shape index (κ2) is 7.92. The average Bonchev–Trinajstić information content (AvgIpc) is 2.97. The molecule has 2 aliphatic rings. The zero-order valence-corrected chi connectivity index (χ0v) is 17.1. The first-order valence-electron chi connectivity index (χ1n) is 9.88. The lowest BCUT2D eigenvalue weighted by Crippen LogP contribution is -2.48. The maximum Gasteiger partial charge on any atom is 0.274 e. The number of carbonyl (C=O) groups excluding carboxylic acids is 2. The number of nitrogens with zero attached hydrogens (tertiary/aromatic N) is 4. The fraction of sp³-hybridized carbons (Fsp3) is 0.700. The Morgan fingerprint density at radius 1 is 1.04 bits per heavy atom. The summed E-state index contributed by atoms with van der Waals surface area (Å²) in [6.45, 7) is 9.88. The number of hydrogen-bond donors (Lipinski definition) is 1. The molecule has 2 saturated heterocycles. The van der Waals surface area contributed by atoms with Gasteiger partial charge in [0.2, 0.25) is 5.91 Å². The van der Waals surface area contributed by atoms with E-state index in [0.29, 0.717) is 30.5 Å². The van der Waals surface area contributed by atoms with Crippen molar-refractivity contribution in [2.24, 2.45) is 5.92 Å². The Balaban J connectivity index is 1.54. The fourth-order valence-corrected chi connectivity index (χ4v) is 4.00. The van der Waals surface area contributed by atoms with Crippen LogP contribution in [-0.2, 0) is 4.79 Å². The van der Waals surface area contributed by atoms with Crippen molar-refractivity contribution in [3.05, 3.63) is 22.8 Å². The number of piperidine rings is 1. The quantitative estimate of drug-likeness (QED) is 0.868. The Bertz CT molecular complexity index is 717. The van der Waals surface area contributed by atoms with E-state index in [-0.39, 0.29) is 23.8 Å². The maximum atomic E-state index is 12.8. The first kappa shape index (κ1) is 19.7. The normalized spacial score (nSPS) is 24.3. The Labute approximate surface area is 161 Å². The molecule has 2 atom stereocenters. The molecule has 1 N–H and O–H groups in total. The summed E-state index contributed by atoms with van der Waals surface area (Å²) in [5.41, 5.74) is 2.78. The molecule has 2 fully saturated rings. The molecule has 1 aromatic heterocycles. The largest absolute Gasteiger partial charge is 0.353 e. The lowest BCUT2D eigenvalue weighted by atomic mass is 10.0. The van der Waals surface area contributed by atoms with Gasteiger partial charge in [-0.3, -0.25) is 14.6 Å². The van der Waals surface area contributed by atoms with Crippen molar-refractivity contribution < 1.29 is 9.59 Å². The number of aryl methyl sites for hydroxylation is 3. The molecule has 0 aliphatic carbocycles. The number of rotatable bonds is 3. The van der Waals surface area contributed by atoms with E-state index >= 15 is 0 Å². The summed E-state index contributed by atoms with van der Waals surface area (Å²) in [5.74, 6) is 0.184. The third kappa shape index (κ3) is 4.29. The summed E-state index contributed by atoms with van der Waals surface area (Å²) >= 11 is 0. The van der Waals surface area contributed by atoms with Crippen molar-refractivity contribution in [2.45, 2.75) is 59.0 Å². The van der Waals surface area contributed by atoms with Crippen LogP contribution in [0.2, 0.25) is 0 Å². The van der Waals surface area contributed by atoms with E-state index in [1.807, 2.05) is 25.7 Å². The third-order valence-electron chi connectivity index (χ3n) is 6.07. The van der Waals surface area contributed by atoms with Gasteiger partial charge in [0, 0.05) is 31.7 Å². The monoisotopic (exact) mass is 373 g/mol. The molecule has 7 heteroatoms. The summed E-state index contributed by atoms with van der Waals surface area (Å²) in [6, 6.07) is 0.609. The fourth-order valence-electron chi connectivity index (χ4n) is 4.00. The van der Waals surface area contributed by atoms with Crippen molar-refractivity contribution in [1.29, 1.82) is 0 Å². The van der Waals surface area contributed by atoms with Gasteiger partial charge in [-0.15, -0.1) is 0 Å². The summed E-state index contributed by atoms with van der Waals surface area (Å²) < 4.78 is 0. The average molecular weight is 374 g/mol. The van der Waals surface area contributed by atoms with Gasteiger partial charge < -0.3 is 15.1 Å². The molecule has 7 nitrogen and oxygen atoms in total. The van der Waals surface area contributed by atoms with Crippen LogP contribution in [0.15, 0.2) is 0 Å². The summed E-state index contributed by atoms with van der Waals surface area (Å²) in [5, 5.41) is 3.20. The van der Waals surface area contributed by atoms with Gasteiger partial charge in [0.25, 0.3) is 5.91 Å². The van der Waals surface area contributed by atoms with Crippen LogP contribution in [0, 0.1) is 26.7 Å². The molecule has 0 unspecified atom stereocenters. The predicted octanol–water partition coefficient (Wildman–Crippen LogP) is 1.46. The van der Waals surface area contributed by atoms with Crippen molar-refractivity contribution in [3.63, 3.8) is 0 Å². The Morgan fingerprint density at radius 2 is 1.67 bits per heavy atom. The third-order valence-corrected chi connectivity index (χ3v) is 6.07. The Kier molecular flexibility index (Phi) is 5.79. The number of likely N-dealkylation sites (tertiary alicyclic amines) is 2. The first-order valence-corrected chi connectivity index (χ1v) is 9.88. The van der Waals surface area contributed by atoms with E-state index in [9.17, 15) is 9.59 Å². The minimum atomic E-state index is -0.0564. The van der Waals surface area contributed by atoms with Crippen LogP contribution in [0.5, 0.6) is 0 Å². The second-order valence-corrected chi connectivity index (χ2v) is 8.12. The summed E-state index contributed by atoms with van der Waals surface area (Å²) in [6.07, 6.45) is 2.49. The zero-order chi connectivity index (χ0) is 19.7. The highest BCUT2D eigenvalue weighted by atomic mass is 16.2. The molecule has 2 aliphatic heterocycles. The minimum absolute atomic E-state index is 0.0564. The summed E-state index contributed by atoms with van der Waals surface area (Å²) in [7, 11) is 2.07. The molecular formula is C20H31N5O2. The number of nitrogens with one attached hydrogen (secondary N) is 1. The molecule has 0 aromatic carbocycles. The van der Waals surface area contributed by atoms with Gasteiger partial charge >= 0.3 is 0 Å². The van der Waals surface area contributed by atoms with Crippen molar-refractivity contribution in [3.8, 4) is 0 Å². The lowest BCUT2D eigenvalue weighted by Gasteiger charge is -2.33. The van der Waals surface area contributed by atoms with Gasteiger partial charge in [0.05, 0.1) is 23.0 Å². The molecule has 0 saturated carbocycles. The Hall–Kier alpha value is -2.02. The van der Waals surface area contributed by atoms with Crippen molar-refractivity contribution >= 4 is 11.8 Å². The highest BCUT2D eigenvalue weighted by Crippen LogP contribution is 2.22. The molecule has 0 bridgehead atoms. The van der Waals surface area contributed by atoms with Gasteiger partial charge in [0.1, 0.15) is 5.69 Å². The first-order chi connectivity index (χ1) is 12.8. The van der Waals surface area contributed by atoms with E-state index < -0.39 is 0 Å². The zero-order valence-electron chi connectivity index (χ0n) is 17.1. The minimum Gasteiger partial charge on any atom is -0.353 e. The highest BCUT2D eigenvalue weighted by molar-refractivity contribution is 5.93. The molecular weight excluding hydrogens is 342 g/mol. The second-order valence-electron chi connectivity index (χ2n) is 8.12. The molecule has 148 valence electrons. The molecule has 3 rings (SSSR count). The smallest absolute Gasteiger partial charge is 0.274 e. The summed E-state index contributed by atoms with van der Waals surface area (Å²) in [4.78, 5) is 38.3. The van der Waals surface area contributed by atoms with Crippen LogP contribution in [-0.4, -0.2) is 70.3 Å². The van der Waals surface area contributed by atoms with Crippen LogP contribution in [0.4, 0.5) is 0 Å². The van der Waals surface area contributed by atoms with E-state index in [1.165, 1.54) is 0 Å². The predicted molar refractivity (Wildman–Crippen MR) is 104 cm³/mol. The van der Waals surface area contributed by atoms with Crippen molar-refractivity contribution in [1.82, 2.24) is 25.1 Å². The molecule has 0 radical (unpaired) electrons. The van der Waals surface area contributed by atoms with Crippen LogP contribution in [0.3, 0.4) is 0 Å². The van der Waals surface area contributed by atoms with Gasteiger partial charge in [-0.1, -0.05) is 0 Å². The van der Waals surface area contributed by atoms with Crippen molar-refractivity contribution in [2.75, 3.05) is 26.7 Å². The molecule has 0 spiro atoms. The number of hydrogen-bond acceptors (Lipinski definition) is 5. The maximum absolute atomic E-state index is 12.8. The van der Waals surface area contributed by atoms with E-state index in [4.69, 9.17) is 0 Å². The van der Waals surface area contributed by atoms with Crippen LogP contribution in [0.1, 0.15) is 53.8 Å². The number of carbonyl (C=O) groups is 2. The Morgan fingerprint density at radius 3 is 2.26 bits per heavy atom. The molecule has 1 aromatic rings. The standard InChI is InChI=1S/C20H31N5O2/c1-12-10-16(11-24(12)5)19(26)23-17-6-8-25(9-7-17)20(27)18-15(4)21-13(2)14(3)22-18/h12,16-17H,6-11H2,1-5H3,(H,23,26)/t12-,16+/m1/s1. The van der Waals surface area contributed by atoms with Gasteiger partial charge in [-0.25, -0.2) is 4.98 Å². The molecule has 2 amide bonds. The number of amides is 2. The van der Waals surface area contributed by atoms with E-state index in [2.05, 4.69) is 34.2 Å². The van der Waals surface area contributed by atoms with Gasteiger partial charge in [-0.05, 0) is 54.0 Å². The van der Waals surface area contributed by atoms with Crippen LogP contribution in [0.25, 0.3) is 0 Å². The van der Waals surface area contributed by atoms with Gasteiger partial charge in [-0.2, -0.15) is 0 Å². The van der Waals surface area contributed by atoms with Crippen LogP contribution >= 0.6 is 0 Å². The van der Waals surface area contributed by atoms with E-state index in [0.717, 1.165) is 37.2 Å². The lowest BCUT2D eigenvalue weighted by molar-refractivity contribution is -0.125. The highest BCUT2D eigenvalue weighted by Gasteiger charge is 2.33.